The van der Waals surface area contributed by atoms with Crippen LogP contribution in [0.4, 0.5) is 5.69 Å². The van der Waals surface area contributed by atoms with Crippen LogP contribution in [-0.4, -0.2) is 43.0 Å². The number of hydrogen-bond donors (Lipinski definition) is 1. The van der Waals surface area contributed by atoms with Crippen LogP contribution in [0.1, 0.15) is 35.2 Å². The molecule has 2 aliphatic heterocycles. The van der Waals surface area contributed by atoms with Gasteiger partial charge in [0.2, 0.25) is 5.91 Å². The predicted molar refractivity (Wildman–Crippen MR) is 81.1 cm³/mol. The van der Waals surface area contributed by atoms with Crippen molar-refractivity contribution in [2.75, 3.05) is 31.1 Å². The van der Waals surface area contributed by atoms with E-state index >= 15 is 0 Å². The smallest absolute Gasteiger partial charge is 0.249 e. The lowest BCUT2D eigenvalue weighted by molar-refractivity contribution is 0.0999. The van der Waals surface area contributed by atoms with Crippen molar-refractivity contribution < 1.29 is 4.79 Å². The summed E-state index contributed by atoms with van der Waals surface area (Å²) in [5, 5.41) is 0. The molecular formula is C16H23N3O. The maximum atomic E-state index is 11.4. The van der Waals surface area contributed by atoms with E-state index in [4.69, 9.17) is 5.73 Å². The van der Waals surface area contributed by atoms with Gasteiger partial charge in [0.25, 0.3) is 0 Å². The Morgan fingerprint density at radius 1 is 1.20 bits per heavy atom. The maximum Gasteiger partial charge on any atom is 0.249 e. The molecule has 4 nitrogen and oxygen atoms in total. The number of likely N-dealkylation sites (tertiary alicyclic amines) is 1. The van der Waals surface area contributed by atoms with Gasteiger partial charge in [-0.05, 0) is 50.6 Å². The van der Waals surface area contributed by atoms with Crippen molar-refractivity contribution in [3.05, 3.63) is 29.3 Å². The Morgan fingerprint density at radius 3 is 2.55 bits per heavy atom. The van der Waals surface area contributed by atoms with Gasteiger partial charge in [0, 0.05) is 30.4 Å². The summed E-state index contributed by atoms with van der Waals surface area (Å²) in [5.41, 5.74) is 8.14. The quantitative estimate of drug-likeness (QED) is 0.913. The number of hydrogen-bond acceptors (Lipinski definition) is 3. The lowest BCUT2D eigenvalue weighted by Gasteiger charge is -2.48. The van der Waals surface area contributed by atoms with Gasteiger partial charge in [-0.1, -0.05) is 12.5 Å². The SMILES string of the molecule is Cc1ccc(N2CC(N3CCCCC3)C2)cc1C(N)=O. The molecule has 2 N–H and O–H groups in total. The average molecular weight is 273 g/mol. The minimum atomic E-state index is -0.336. The Morgan fingerprint density at radius 2 is 1.90 bits per heavy atom. The fraction of sp³-hybridized carbons (Fsp3) is 0.562. The Bertz CT molecular complexity index is 502. The zero-order valence-electron chi connectivity index (χ0n) is 12.1. The maximum absolute atomic E-state index is 11.4. The molecule has 0 bridgehead atoms. The summed E-state index contributed by atoms with van der Waals surface area (Å²) in [6, 6.07) is 6.70. The number of aryl methyl sites for hydroxylation is 1. The van der Waals surface area contributed by atoms with E-state index in [0.717, 1.165) is 24.3 Å². The zero-order chi connectivity index (χ0) is 14.1. The largest absolute Gasteiger partial charge is 0.368 e. The van der Waals surface area contributed by atoms with Crippen molar-refractivity contribution in [2.24, 2.45) is 5.73 Å². The summed E-state index contributed by atoms with van der Waals surface area (Å²) in [4.78, 5) is 16.4. The highest BCUT2D eigenvalue weighted by molar-refractivity contribution is 5.95. The molecule has 0 radical (unpaired) electrons. The van der Waals surface area contributed by atoms with Crippen molar-refractivity contribution >= 4 is 11.6 Å². The summed E-state index contributed by atoms with van der Waals surface area (Å²) in [7, 11) is 0. The van der Waals surface area contributed by atoms with E-state index in [1.807, 2.05) is 19.1 Å². The Hall–Kier alpha value is -1.55. The van der Waals surface area contributed by atoms with Gasteiger partial charge >= 0.3 is 0 Å². The van der Waals surface area contributed by atoms with Gasteiger partial charge in [-0.25, -0.2) is 0 Å². The normalized spacial score (nSPS) is 20.8. The van der Waals surface area contributed by atoms with Gasteiger partial charge in [-0.15, -0.1) is 0 Å². The van der Waals surface area contributed by atoms with Crippen LogP contribution < -0.4 is 10.6 Å². The van der Waals surface area contributed by atoms with Crippen LogP contribution in [0, 0.1) is 6.92 Å². The lowest BCUT2D eigenvalue weighted by Crippen LogP contribution is -2.60. The van der Waals surface area contributed by atoms with Crippen LogP contribution >= 0.6 is 0 Å². The number of carbonyl (C=O) groups excluding carboxylic acids is 1. The van der Waals surface area contributed by atoms with Gasteiger partial charge in [0.1, 0.15) is 0 Å². The predicted octanol–water partition coefficient (Wildman–Crippen LogP) is 1.77. The van der Waals surface area contributed by atoms with Crippen molar-refractivity contribution in [1.82, 2.24) is 4.90 Å². The fourth-order valence-electron chi connectivity index (χ4n) is 3.25. The second kappa shape index (κ2) is 5.44. The number of nitrogens with two attached hydrogens (primary N) is 1. The van der Waals surface area contributed by atoms with Crippen LogP contribution in [0.25, 0.3) is 0 Å². The Labute approximate surface area is 120 Å². The molecule has 3 rings (SSSR count). The number of piperidine rings is 1. The van der Waals surface area contributed by atoms with Crippen molar-refractivity contribution in [1.29, 1.82) is 0 Å². The summed E-state index contributed by atoms with van der Waals surface area (Å²) >= 11 is 0. The summed E-state index contributed by atoms with van der Waals surface area (Å²) in [6.45, 7) is 6.57. The van der Waals surface area contributed by atoms with Gasteiger partial charge in [0.15, 0.2) is 0 Å². The first-order valence-corrected chi connectivity index (χ1v) is 7.54. The van der Waals surface area contributed by atoms with Crippen LogP contribution in [0.3, 0.4) is 0 Å². The van der Waals surface area contributed by atoms with Crippen LogP contribution in [0.2, 0.25) is 0 Å². The fourth-order valence-corrected chi connectivity index (χ4v) is 3.25. The molecule has 2 aliphatic rings. The number of amides is 1. The second-order valence-corrected chi connectivity index (χ2v) is 6.02. The minimum Gasteiger partial charge on any atom is -0.368 e. The van der Waals surface area contributed by atoms with Gasteiger partial charge in [-0.2, -0.15) is 0 Å². The van der Waals surface area contributed by atoms with E-state index in [-0.39, 0.29) is 5.91 Å². The monoisotopic (exact) mass is 273 g/mol. The van der Waals surface area contributed by atoms with E-state index in [1.54, 1.807) is 0 Å². The van der Waals surface area contributed by atoms with E-state index < -0.39 is 0 Å². The molecule has 20 heavy (non-hydrogen) atoms. The highest BCUT2D eigenvalue weighted by atomic mass is 16.1. The molecule has 1 aromatic carbocycles. The number of nitrogens with zero attached hydrogens (tertiary/aromatic N) is 2. The van der Waals surface area contributed by atoms with Gasteiger partial charge in [-0.3, -0.25) is 9.69 Å². The number of anilines is 1. The average Bonchev–Trinajstić information content (AvgIpc) is 2.40. The number of rotatable bonds is 3. The third-order valence-corrected chi connectivity index (χ3v) is 4.62. The van der Waals surface area contributed by atoms with Crippen molar-refractivity contribution in [2.45, 2.75) is 32.2 Å². The van der Waals surface area contributed by atoms with Crippen molar-refractivity contribution in [3.8, 4) is 0 Å². The summed E-state index contributed by atoms with van der Waals surface area (Å²) in [5.74, 6) is -0.336. The van der Waals surface area contributed by atoms with E-state index in [9.17, 15) is 4.79 Å². The molecular weight excluding hydrogens is 250 g/mol. The molecule has 4 heteroatoms. The zero-order valence-corrected chi connectivity index (χ0v) is 12.1. The van der Waals surface area contributed by atoms with Crippen LogP contribution in [0.15, 0.2) is 18.2 Å². The topological polar surface area (TPSA) is 49.6 Å². The minimum absolute atomic E-state index is 0.336. The Balaban J connectivity index is 1.64. The second-order valence-electron chi connectivity index (χ2n) is 6.02. The molecule has 2 heterocycles. The molecule has 1 amide bonds. The van der Waals surface area contributed by atoms with E-state index in [2.05, 4.69) is 15.9 Å². The first-order chi connectivity index (χ1) is 9.65. The third-order valence-electron chi connectivity index (χ3n) is 4.62. The molecule has 0 saturated carbocycles. The molecule has 2 fully saturated rings. The molecule has 0 unspecified atom stereocenters. The number of carbonyl (C=O) groups is 1. The van der Waals surface area contributed by atoms with Gasteiger partial charge in [0.05, 0.1) is 0 Å². The molecule has 0 atom stereocenters. The van der Waals surface area contributed by atoms with Crippen molar-refractivity contribution in [3.63, 3.8) is 0 Å². The first kappa shape index (κ1) is 13.4. The summed E-state index contributed by atoms with van der Waals surface area (Å²) in [6.07, 6.45) is 4.06. The molecule has 1 aromatic rings. The number of primary amides is 1. The standard InChI is InChI=1S/C16H23N3O/c1-12-5-6-13(9-15(12)16(17)20)19-10-14(11-19)18-7-3-2-4-8-18/h5-6,9,14H,2-4,7-8,10-11H2,1H3,(H2,17,20). The van der Waals surface area contributed by atoms with E-state index in [0.29, 0.717) is 11.6 Å². The first-order valence-electron chi connectivity index (χ1n) is 7.54. The van der Waals surface area contributed by atoms with Gasteiger partial charge < -0.3 is 10.6 Å². The molecule has 108 valence electrons. The lowest BCUT2D eigenvalue weighted by atomic mass is 10.00. The van der Waals surface area contributed by atoms with Crippen LogP contribution in [0.5, 0.6) is 0 Å². The molecule has 0 aliphatic carbocycles. The Kier molecular flexibility index (Phi) is 3.66. The number of benzene rings is 1. The highest BCUT2D eigenvalue weighted by Gasteiger charge is 2.32. The summed E-state index contributed by atoms with van der Waals surface area (Å²) < 4.78 is 0. The molecule has 2 saturated heterocycles. The highest BCUT2D eigenvalue weighted by Crippen LogP contribution is 2.27. The van der Waals surface area contributed by atoms with E-state index in [1.165, 1.54) is 32.4 Å². The molecule has 0 spiro atoms. The third kappa shape index (κ3) is 2.52. The van der Waals surface area contributed by atoms with Crippen LogP contribution in [-0.2, 0) is 0 Å². The molecule has 0 aromatic heterocycles.